The van der Waals surface area contributed by atoms with E-state index in [1.54, 1.807) is 18.5 Å². The Morgan fingerprint density at radius 2 is 1.44 bits per heavy atom. The Hall–Kier alpha value is -5.25. The molecule has 0 aliphatic rings. The van der Waals surface area contributed by atoms with Crippen LogP contribution < -0.4 is 20.1 Å². The number of benzene rings is 3. The lowest BCUT2D eigenvalue weighted by molar-refractivity contribution is -0.141. The number of nitrogens with one attached hydrogen (secondary N) is 2. The molecule has 0 saturated heterocycles. The van der Waals surface area contributed by atoms with Gasteiger partial charge < -0.3 is 25.2 Å². The molecule has 52 heavy (non-hydrogen) atoms. The SMILES string of the molecule is CCCCCCCOc1ccc(-c2cnc(-c3ccc(C[C@H](NC(=O)c4ccc(C(C)(C)C)cc4OCC)C(=O)N[C@H](C)C(=O)O)cc3)nc2)cc1. The summed E-state index contributed by atoms with van der Waals surface area (Å²) < 4.78 is 11.7. The quantitative estimate of drug-likeness (QED) is 0.0891. The van der Waals surface area contributed by atoms with Gasteiger partial charge in [-0.15, -0.1) is 0 Å². The molecule has 0 spiro atoms. The van der Waals surface area contributed by atoms with Crippen molar-refractivity contribution in [2.45, 2.75) is 97.6 Å². The van der Waals surface area contributed by atoms with Crippen molar-refractivity contribution in [1.82, 2.24) is 20.6 Å². The molecule has 276 valence electrons. The summed E-state index contributed by atoms with van der Waals surface area (Å²) in [6, 6.07) is 18.5. The normalized spacial score (nSPS) is 12.4. The summed E-state index contributed by atoms with van der Waals surface area (Å²) in [5, 5.41) is 14.7. The second-order valence-corrected chi connectivity index (χ2v) is 14.0. The van der Waals surface area contributed by atoms with Gasteiger partial charge in [0.25, 0.3) is 5.91 Å². The second-order valence-electron chi connectivity index (χ2n) is 14.0. The zero-order valence-corrected chi connectivity index (χ0v) is 31.2. The molecule has 10 heteroatoms. The lowest BCUT2D eigenvalue weighted by Crippen LogP contribution is -2.51. The van der Waals surface area contributed by atoms with Crippen molar-refractivity contribution in [3.63, 3.8) is 0 Å². The third-order valence-electron chi connectivity index (χ3n) is 8.75. The van der Waals surface area contributed by atoms with Crippen LogP contribution in [0.15, 0.2) is 79.1 Å². The molecule has 0 bridgehead atoms. The number of aromatic nitrogens is 2. The summed E-state index contributed by atoms with van der Waals surface area (Å²) in [6.45, 7) is 12.7. The number of carbonyl (C=O) groups is 3. The topological polar surface area (TPSA) is 140 Å². The summed E-state index contributed by atoms with van der Waals surface area (Å²) in [5.74, 6) is -0.499. The van der Waals surface area contributed by atoms with Crippen LogP contribution >= 0.6 is 0 Å². The van der Waals surface area contributed by atoms with Crippen LogP contribution in [0.5, 0.6) is 11.5 Å². The number of carboxylic acids is 1. The molecule has 3 N–H and O–H groups in total. The molecule has 0 saturated carbocycles. The number of rotatable bonds is 18. The fourth-order valence-corrected chi connectivity index (χ4v) is 5.56. The van der Waals surface area contributed by atoms with Gasteiger partial charge in [-0.2, -0.15) is 0 Å². The second kappa shape index (κ2) is 18.8. The lowest BCUT2D eigenvalue weighted by Gasteiger charge is -2.23. The monoisotopic (exact) mass is 708 g/mol. The third kappa shape index (κ3) is 11.4. The number of nitrogens with zero attached hydrogens (tertiary/aromatic N) is 2. The Balaban J connectivity index is 1.45. The molecule has 1 aromatic heterocycles. The molecule has 0 fully saturated rings. The highest BCUT2D eigenvalue weighted by Gasteiger charge is 2.27. The Labute approximate surface area is 307 Å². The average Bonchev–Trinajstić information content (AvgIpc) is 3.13. The Bertz CT molecular complexity index is 1770. The van der Waals surface area contributed by atoms with E-state index < -0.39 is 29.9 Å². The van der Waals surface area contributed by atoms with Crippen LogP contribution in [0.4, 0.5) is 0 Å². The highest BCUT2D eigenvalue weighted by Crippen LogP contribution is 2.29. The maximum atomic E-state index is 13.6. The van der Waals surface area contributed by atoms with E-state index in [2.05, 4.69) is 48.3 Å². The van der Waals surface area contributed by atoms with Gasteiger partial charge in [0.05, 0.1) is 18.8 Å². The smallest absolute Gasteiger partial charge is 0.325 e. The average molecular weight is 709 g/mol. The molecule has 4 rings (SSSR count). The predicted molar refractivity (Wildman–Crippen MR) is 204 cm³/mol. The summed E-state index contributed by atoms with van der Waals surface area (Å²) in [5.41, 5.74) is 4.52. The Morgan fingerprint density at radius 3 is 2.06 bits per heavy atom. The fourth-order valence-electron chi connectivity index (χ4n) is 5.56. The van der Waals surface area contributed by atoms with Crippen LogP contribution in [-0.4, -0.2) is 58.2 Å². The van der Waals surface area contributed by atoms with Crippen LogP contribution in [-0.2, 0) is 21.4 Å². The van der Waals surface area contributed by atoms with Gasteiger partial charge in [-0.05, 0) is 66.6 Å². The number of ether oxygens (including phenoxy) is 2. The van der Waals surface area contributed by atoms with Gasteiger partial charge in [0.2, 0.25) is 5.91 Å². The van der Waals surface area contributed by atoms with E-state index >= 15 is 0 Å². The van der Waals surface area contributed by atoms with Gasteiger partial charge in [0, 0.05) is 29.9 Å². The minimum Gasteiger partial charge on any atom is -0.494 e. The number of hydrogen-bond donors (Lipinski definition) is 3. The number of carbonyl (C=O) groups excluding carboxylic acids is 2. The maximum absolute atomic E-state index is 13.6. The summed E-state index contributed by atoms with van der Waals surface area (Å²) >= 11 is 0. The highest BCUT2D eigenvalue weighted by molar-refractivity contribution is 6.00. The van der Waals surface area contributed by atoms with Gasteiger partial charge in [-0.25, -0.2) is 9.97 Å². The van der Waals surface area contributed by atoms with Crippen LogP contribution in [0, 0.1) is 0 Å². The maximum Gasteiger partial charge on any atom is 0.325 e. The van der Waals surface area contributed by atoms with Crippen LogP contribution in [0.2, 0.25) is 0 Å². The molecule has 4 aromatic rings. The highest BCUT2D eigenvalue weighted by atomic mass is 16.5. The van der Waals surface area contributed by atoms with E-state index in [4.69, 9.17) is 9.47 Å². The molecule has 3 aromatic carbocycles. The number of carboxylic acid groups (broad SMARTS) is 1. The first-order valence-electron chi connectivity index (χ1n) is 18.2. The first kappa shape index (κ1) is 39.5. The number of unbranched alkanes of at least 4 members (excludes halogenated alkanes) is 4. The summed E-state index contributed by atoms with van der Waals surface area (Å²) in [4.78, 5) is 47.6. The van der Waals surface area contributed by atoms with Crippen molar-refractivity contribution >= 4 is 17.8 Å². The van der Waals surface area contributed by atoms with Crippen molar-refractivity contribution in [3.8, 4) is 34.0 Å². The number of hydrogen-bond acceptors (Lipinski definition) is 7. The van der Waals surface area contributed by atoms with Crippen LogP contribution in [0.3, 0.4) is 0 Å². The molecule has 0 unspecified atom stereocenters. The van der Waals surface area contributed by atoms with Crippen molar-refractivity contribution in [2.24, 2.45) is 0 Å². The fraction of sp³-hybridized carbons (Fsp3) is 0.405. The third-order valence-corrected chi connectivity index (χ3v) is 8.75. The van der Waals surface area contributed by atoms with E-state index in [1.807, 2.05) is 67.6 Å². The van der Waals surface area contributed by atoms with E-state index in [0.29, 0.717) is 24.8 Å². The van der Waals surface area contributed by atoms with Gasteiger partial charge in [0.15, 0.2) is 5.82 Å². The van der Waals surface area contributed by atoms with E-state index in [9.17, 15) is 19.5 Å². The largest absolute Gasteiger partial charge is 0.494 e. The minimum atomic E-state index is -1.18. The molecule has 0 aliphatic carbocycles. The van der Waals surface area contributed by atoms with Crippen LogP contribution in [0.1, 0.15) is 95.1 Å². The van der Waals surface area contributed by atoms with E-state index in [-0.39, 0.29) is 17.4 Å². The summed E-state index contributed by atoms with van der Waals surface area (Å²) in [6.07, 6.45) is 9.67. The predicted octanol–water partition coefficient (Wildman–Crippen LogP) is 7.79. The van der Waals surface area contributed by atoms with Crippen molar-refractivity contribution in [3.05, 3.63) is 95.8 Å². The van der Waals surface area contributed by atoms with E-state index in [1.165, 1.54) is 32.6 Å². The van der Waals surface area contributed by atoms with Crippen molar-refractivity contribution in [1.29, 1.82) is 0 Å². The number of aliphatic carboxylic acids is 1. The number of amides is 2. The van der Waals surface area contributed by atoms with Crippen LogP contribution in [0.25, 0.3) is 22.5 Å². The standard InChI is InChI=1S/C42H52N4O6/c1-7-9-10-11-12-23-52-34-20-17-30(18-21-34)32-26-43-38(44-27-32)31-15-13-29(14-16-31)24-36(40(48)45-28(3)41(49)50)46-39(47)35-22-19-33(42(4,5)6)25-37(35)51-8-2/h13-22,25-28,36H,7-12,23-24H2,1-6H3,(H,45,48)(H,46,47)(H,49,50)/t28-,36+/m1/s1. The molecule has 2 atom stereocenters. The van der Waals surface area contributed by atoms with E-state index in [0.717, 1.165) is 40.0 Å². The molecule has 0 radical (unpaired) electrons. The lowest BCUT2D eigenvalue weighted by atomic mass is 9.86. The molecule has 10 nitrogen and oxygen atoms in total. The first-order valence-corrected chi connectivity index (χ1v) is 18.2. The molecule has 0 aliphatic heterocycles. The first-order chi connectivity index (χ1) is 24.9. The zero-order chi connectivity index (χ0) is 37.7. The van der Waals surface area contributed by atoms with Gasteiger partial charge in [-0.1, -0.05) is 95.8 Å². The van der Waals surface area contributed by atoms with Gasteiger partial charge in [0.1, 0.15) is 23.6 Å². The minimum absolute atomic E-state index is 0.118. The van der Waals surface area contributed by atoms with Gasteiger partial charge in [-0.3, -0.25) is 14.4 Å². The van der Waals surface area contributed by atoms with Crippen molar-refractivity contribution < 1.29 is 29.0 Å². The molecule has 1 heterocycles. The van der Waals surface area contributed by atoms with Gasteiger partial charge >= 0.3 is 5.97 Å². The molecular formula is C42H52N4O6. The zero-order valence-electron chi connectivity index (χ0n) is 31.2. The summed E-state index contributed by atoms with van der Waals surface area (Å²) in [7, 11) is 0. The van der Waals surface area contributed by atoms with Crippen molar-refractivity contribution in [2.75, 3.05) is 13.2 Å². The Kier molecular flexibility index (Phi) is 14.3. The molecule has 2 amide bonds. The molecular weight excluding hydrogens is 656 g/mol. The Morgan fingerprint density at radius 1 is 0.788 bits per heavy atom.